The SMILES string of the molecule is C#CC(C)NC(=O)C1=COCCO1. The second-order valence-electron chi connectivity index (χ2n) is 2.56. The second-order valence-corrected chi connectivity index (χ2v) is 2.56. The Morgan fingerprint density at radius 1 is 1.77 bits per heavy atom. The number of amides is 1. The highest BCUT2D eigenvalue weighted by Crippen LogP contribution is 2.03. The molecule has 1 amide bonds. The van der Waals surface area contributed by atoms with E-state index in [1.807, 2.05) is 0 Å². The summed E-state index contributed by atoms with van der Waals surface area (Å²) in [5, 5.41) is 2.55. The highest BCUT2D eigenvalue weighted by Gasteiger charge is 2.15. The third-order valence-electron chi connectivity index (χ3n) is 1.47. The van der Waals surface area contributed by atoms with E-state index in [0.717, 1.165) is 0 Å². The molecule has 13 heavy (non-hydrogen) atoms. The van der Waals surface area contributed by atoms with Crippen molar-refractivity contribution in [1.82, 2.24) is 5.32 Å². The molecule has 1 N–H and O–H groups in total. The lowest BCUT2D eigenvalue weighted by molar-refractivity contribution is -0.122. The van der Waals surface area contributed by atoms with Crippen molar-refractivity contribution in [2.45, 2.75) is 13.0 Å². The average molecular weight is 181 g/mol. The number of nitrogens with one attached hydrogen (secondary N) is 1. The topological polar surface area (TPSA) is 47.6 Å². The summed E-state index contributed by atoms with van der Waals surface area (Å²) in [6, 6.07) is -0.307. The number of terminal acetylenes is 1. The van der Waals surface area contributed by atoms with E-state index >= 15 is 0 Å². The van der Waals surface area contributed by atoms with E-state index in [2.05, 4.69) is 11.2 Å². The molecule has 0 aliphatic carbocycles. The van der Waals surface area contributed by atoms with Crippen LogP contribution in [0.25, 0.3) is 0 Å². The fraction of sp³-hybridized carbons (Fsp3) is 0.444. The average Bonchev–Trinajstić information content (AvgIpc) is 2.19. The summed E-state index contributed by atoms with van der Waals surface area (Å²) in [4.78, 5) is 11.3. The van der Waals surface area contributed by atoms with Gasteiger partial charge in [-0.05, 0) is 6.92 Å². The third kappa shape index (κ3) is 2.71. The van der Waals surface area contributed by atoms with Gasteiger partial charge in [-0.3, -0.25) is 4.79 Å². The predicted molar refractivity (Wildman–Crippen MR) is 46.4 cm³/mol. The van der Waals surface area contributed by atoms with Gasteiger partial charge in [-0.15, -0.1) is 6.42 Å². The summed E-state index contributed by atoms with van der Waals surface area (Å²) in [5.41, 5.74) is 0. The Labute approximate surface area is 76.9 Å². The molecule has 1 unspecified atom stereocenters. The lowest BCUT2D eigenvalue weighted by Gasteiger charge is -2.15. The molecule has 0 aromatic carbocycles. The van der Waals surface area contributed by atoms with Crippen molar-refractivity contribution >= 4 is 5.91 Å². The first-order chi connectivity index (χ1) is 6.24. The molecule has 1 rings (SSSR count). The van der Waals surface area contributed by atoms with Crippen LogP contribution in [-0.4, -0.2) is 25.2 Å². The quantitative estimate of drug-likeness (QED) is 0.610. The van der Waals surface area contributed by atoms with Gasteiger partial charge in [0.15, 0.2) is 0 Å². The highest BCUT2D eigenvalue weighted by molar-refractivity contribution is 5.91. The molecule has 4 nitrogen and oxygen atoms in total. The molecule has 0 fully saturated rings. The standard InChI is InChI=1S/C9H11NO3/c1-3-7(2)10-9(11)8-6-12-4-5-13-8/h1,6-7H,4-5H2,2H3,(H,10,11). The Hall–Kier alpha value is -1.63. The number of rotatable bonds is 2. The van der Waals surface area contributed by atoms with Gasteiger partial charge < -0.3 is 14.8 Å². The van der Waals surface area contributed by atoms with Gasteiger partial charge in [-0.25, -0.2) is 0 Å². The van der Waals surface area contributed by atoms with Crippen LogP contribution in [-0.2, 0) is 14.3 Å². The maximum atomic E-state index is 11.3. The molecular formula is C9H11NO3. The van der Waals surface area contributed by atoms with E-state index in [-0.39, 0.29) is 17.7 Å². The zero-order valence-electron chi connectivity index (χ0n) is 7.37. The molecule has 70 valence electrons. The van der Waals surface area contributed by atoms with Crippen LogP contribution in [0.2, 0.25) is 0 Å². The van der Waals surface area contributed by atoms with Gasteiger partial charge in [-0.2, -0.15) is 0 Å². The lowest BCUT2D eigenvalue weighted by atomic mass is 10.3. The van der Waals surface area contributed by atoms with E-state index in [9.17, 15) is 4.79 Å². The maximum Gasteiger partial charge on any atom is 0.290 e. The Morgan fingerprint density at radius 3 is 3.08 bits per heavy atom. The first-order valence-electron chi connectivity index (χ1n) is 3.95. The molecule has 0 saturated carbocycles. The minimum atomic E-state index is -0.342. The van der Waals surface area contributed by atoms with E-state index in [1.54, 1.807) is 6.92 Å². The van der Waals surface area contributed by atoms with Gasteiger partial charge in [0.05, 0.1) is 6.04 Å². The molecule has 1 heterocycles. The van der Waals surface area contributed by atoms with Crippen molar-refractivity contribution in [3.8, 4) is 12.3 Å². The number of hydrogen-bond acceptors (Lipinski definition) is 3. The van der Waals surface area contributed by atoms with Crippen molar-refractivity contribution in [3.63, 3.8) is 0 Å². The third-order valence-corrected chi connectivity index (χ3v) is 1.47. The van der Waals surface area contributed by atoms with Crippen LogP contribution < -0.4 is 5.32 Å². The second kappa shape index (κ2) is 4.41. The number of hydrogen-bond donors (Lipinski definition) is 1. The Morgan fingerprint density at radius 2 is 2.54 bits per heavy atom. The Bertz CT molecular complexity index is 265. The zero-order chi connectivity index (χ0) is 9.68. The molecular weight excluding hydrogens is 170 g/mol. The maximum absolute atomic E-state index is 11.3. The Kier molecular flexibility index (Phi) is 3.21. The van der Waals surface area contributed by atoms with Gasteiger partial charge in [0.2, 0.25) is 5.76 Å². The van der Waals surface area contributed by atoms with Gasteiger partial charge in [0, 0.05) is 0 Å². The monoisotopic (exact) mass is 181 g/mol. The van der Waals surface area contributed by atoms with E-state index in [4.69, 9.17) is 15.9 Å². The summed E-state index contributed by atoms with van der Waals surface area (Å²) in [5.74, 6) is 2.21. The summed E-state index contributed by atoms with van der Waals surface area (Å²) < 4.78 is 9.96. The smallest absolute Gasteiger partial charge is 0.290 e. The van der Waals surface area contributed by atoms with Crippen LogP contribution >= 0.6 is 0 Å². The number of ether oxygens (including phenoxy) is 2. The molecule has 1 aliphatic rings. The normalized spacial score (nSPS) is 17.1. The zero-order valence-corrected chi connectivity index (χ0v) is 7.37. The van der Waals surface area contributed by atoms with Crippen LogP contribution in [0.15, 0.2) is 12.0 Å². The molecule has 0 aromatic heterocycles. The molecule has 1 aliphatic heterocycles. The first kappa shape index (κ1) is 9.46. The first-order valence-corrected chi connectivity index (χ1v) is 3.95. The van der Waals surface area contributed by atoms with Gasteiger partial charge >= 0.3 is 0 Å². The van der Waals surface area contributed by atoms with Crippen molar-refractivity contribution in [1.29, 1.82) is 0 Å². The molecule has 0 aromatic rings. The van der Waals surface area contributed by atoms with Gasteiger partial charge in [-0.1, -0.05) is 5.92 Å². The highest BCUT2D eigenvalue weighted by atomic mass is 16.6. The molecule has 0 bridgehead atoms. The minimum absolute atomic E-state index is 0.174. The van der Waals surface area contributed by atoms with Crippen molar-refractivity contribution in [2.75, 3.05) is 13.2 Å². The predicted octanol–water partition coefficient (Wildman–Crippen LogP) is 0.0125. The lowest BCUT2D eigenvalue weighted by Crippen LogP contribution is -2.34. The van der Waals surface area contributed by atoms with E-state index in [0.29, 0.717) is 13.2 Å². The fourth-order valence-electron chi connectivity index (χ4n) is 0.797. The van der Waals surface area contributed by atoms with Crippen molar-refractivity contribution < 1.29 is 14.3 Å². The largest absolute Gasteiger partial charge is 0.494 e. The molecule has 0 spiro atoms. The summed E-state index contributed by atoms with van der Waals surface area (Å²) in [7, 11) is 0. The van der Waals surface area contributed by atoms with Gasteiger partial charge in [0.1, 0.15) is 19.5 Å². The van der Waals surface area contributed by atoms with Gasteiger partial charge in [0.25, 0.3) is 5.91 Å². The fourth-order valence-corrected chi connectivity index (χ4v) is 0.797. The van der Waals surface area contributed by atoms with Crippen LogP contribution in [0.1, 0.15) is 6.92 Å². The number of carbonyl (C=O) groups excluding carboxylic acids is 1. The molecule has 0 radical (unpaired) electrons. The van der Waals surface area contributed by atoms with Crippen LogP contribution in [0.3, 0.4) is 0 Å². The number of carbonyl (C=O) groups is 1. The van der Waals surface area contributed by atoms with Crippen molar-refractivity contribution in [2.24, 2.45) is 0 Å². The molecule has 1 atom stereocenters. The van der Waals surface area contributed by atoms with Crippen LogP contribution in [0, 0.1) is 12.3 Å². The van der Waals surface area contributed by atoms with E-state index < -0.39 is 0 Å². The minimum Gasteiger partial charge on any atom is -0.494 e. The van der Waals surface area contributed by atoms with Crippen molar-refractivity contribution in [3.05, 3.63) is 12.0 Å². The molecule has 0 saturated heterocycles. The summed E-state index contributed by atoms with van der Waals surface area (Å²) >= 11 is 0. The van der Waals surface area contributed by atoms with E-state index in [1.165, 1.54) is 6.26 Å². The Balaban J connectivity index is 2.48. The summed E-state index contributed by atoms with van der Waals surface area (Å²) in [6.07, 6.45) is 6.39. The summed E-state index contributed by atoms with van der Waals surface area (Å²) in [6.45, 7) is 2.58. The van der Waals surface area contributed by atoms with Crippen LogP contribution in [0.5, 0.6) is 0 Å². The molecule has 4 heteroatoms. The van der Waals surface area contributed by atoms with Crippen LogP contribution in [0.4, 0.5) is 0 Å².